The molecule has 0 amide bonds. The van der Waals surface area contributed by atoms with Gasteiger partial charge in [0.1, 0.15) is 0 Å². The van der Waals surface area contributed by atoms with Gasteiger partial charge >= 0.3 is 0 Å². The lowest BCUT2D eigenvalue weighted by Gasteiger charge is -2.52. The molecular weight excluding hydrogens is 647 g/mol. The summed E-state index contributed by atoms with van der Waals surface area (Å²) in [5.41, 5.74) is 6.27. The number of fused-ring (bicyclic) bond motifs is 1. The SMILES string of the molecule is CCCCCCCCOC1CC(C2CCCC3CCCCC32)C(OCCCCCCCC)CC1C1CCC(C2CCC(C3CCC(N)CC3)CC2)CC1. The second-order valence-electron chi connectivity index (χ2n) is 20.5. The van der Waals surface area contributed by atoms with Gasteiger partial charge in [0.2, 0.25) is 0 Å². The van der Waals surface area contributed by atoms with E-state index in [4.69, 9.17) is 15.2 Å². The number of ether oxygens (including phenoxy) is 2. The fraction of sp³-hybridized carbons (Fsp3) is 1.00. The molecule has 6 aliphatic rings. The topological polar surface area (TPSA) is 44.5 Å². The Kier molecular flexibility index (Phi) is 18.7. The number of unbranched alkanes of at least 4 members (excludes halogenated alkanes) is 10. The summed E-state index contributed by atoms with van der Waals surface area (Å²) in [6, 6.07) is 0.493. The molecule has 3 heteroatoms. The standard InChI is InChI=1S/C50H91NO2/c1-3-5-7-9-11-15-34-52-49-37-48(46-21-17-19-42-18-13-14-20-45(42)46)50(53-35-16-12-10-8-6-4-2)36-47(49)43-28-26-40(27-29-43)38-22-24-39(25-23-38)41-30-32-44(51)33-31-41/h38-50H,3-37,51H2,1-2H3. The molecule has 308 valence electrons. The van der Waals surface area contributed by atoms with Crippen LogP contribution in [0.1, 0.15) is 226 Å². The van der Waals surface area contributed by atoms with Crippen LogP contribution in [0.2, 0.25) is 0 Å². The maximum Gasteiger partial charge on any atom is 0.0610 e. The third kappa shape index (κ3) is 12.7. The van der Waals surface area contributed by atoms with Crippen LogP contribution < -0.4 is 5.73 Å². The van der Waals surface area contributed by atoms with E-state index in [0.717, 1.165) is 72.4 Å². The molecule has 7 unspecified atom stereocenters. The number of nitrogens with two attached hydrogens (primary N) is 1. The van der Waals surface area contributed by atoms with Crippen LogP contribution in [0, 0.1) is 59.2 Å². The summed E-state index contributed by atoms with van der Waals surface area (Å²) in [7, 11) is 0. The Bertz CT molecular complexity index is 943. The normalized spacial score (nSPS) is 39.8. The monoisotopic (exact) mass is 738 g/mol. The van der Waals surface area contributed by atoms with Crippen molar-refractivity contribution in [1.29, 1.82) is 0 Å². The lowest BCUT2D eigenvalue weighted by atomic mass is 9.57. The van der Waals surface area contributed by atoms with Crippen LogP contribution in [-0.4, -0.2) is 31.5 Å². The fourth-order valence-corrected chi connectivity index (χ4v) is 14.0. The van der Waals surface area contributed by atoms with Crippen molar-refractivity contribution < 1.29 is 9.47 Å². The van der Waals surface area contributed by atoms with Crippen LogP contribution >= 0.6 is 0 Å². The molecule has 6 aliphatic carbocycles. The number of hydrogen-bond acceptors (Lipinski definition) is 3. The third-order valence-corrected chi connectivity index (χ3v) is 17.2. The highest BCUT2D eigenvalue weighted by Crippen LogP contribution is 2.54. The van der Waals surface area contributed by atoms with Gasteiger partial charge in [0.15, 0.2) is 0 Å². The van der Waals surface area contributed by atoms with Gasteiger partial charge in [-0.15, -0.1) is 0 Å². The van der Waals surface area contributed by atoms with Gasteiger partial charge < -0.3 is 15.2 Å². The van der Waals surface area contributed by atoms with Crippen LogP contribution in [0.15, 0.2) is 0 Å². The van der Waals surface area contributed by atoms with E-state index in [1.54, 1.807) is 0 Å². The first-order chi connectivity index (χ1) is 26.1. The van der Waals surface area contributed by atoms with Crippen LogP contribution in [0.4, 0.5) is 0 Å². The van der Waals surface area contributed by atoms with Gasteiger partial charge in [0.05, 0.1) is 12.2 Å². The molecule has 0 bridgehead atoms. The number of hydrogen-bond donors (Lipinski definition) is 1. The molecule has 7 atom stereocenters. The summed E-state index contributed by atoms with van der Waals surface area (Å²) in [5, 5.41) is 0. The molecule has 0 aliphatic heterocycles. The lowest BCUT2D eigenvalue weighted by Crippen LogP contribution is -2.50. The van der Waals surface area contributed by atoms with E-state index in [2.05, 4.69) is 13.8 Å². The number of rotatable bonds is 20. The molecule has 53 heavy (non-hydrogen) atoms. The Balaban J connectivity index is 1.07. The molecule has 0 spiro atoms. The van der Waals surface area contributed by atoms with Crippen molar-refractivity contribution in [3.63, 3.8) is 0 Å². The first-order valence-electron chi connectivity index (χ1n) is 25.1. The smallest absolute Gasteiger partial charge is 0.0610 e. The van der Waals surface area contributed by atoms with Crippen molar-refractivity contribution in [3.8, 4) is 0 Å². The highest BCUT2D eigenvalue weighted by atomic mass is 16.5. The Morgan fingerprint density at radius 2 is 0.755 bits per heavy atom. The molecule has 2 N–H and O–H groups in total. The summed E-state index contributed by atoms with van der Waals surface area (Å²) < 4.78 is 14.4. The molecule has 6 rings (SSSR count). The molecule has 0 radical (unpaired) electrons. The van der Waals surface area contributed by atoms with Crippen molar-refractivity contribution in [2.75, 3.05) is 13.2 Å². The zero-order valence-corrected chi connectivity index (χ0v) is 35.6. The average molecular weight is 738 g/mol. The minimum Gasteiger partial charge on any atom is -0.378 e. The lowest BCUT2D eigenvalue weighted by molar-refractivity contribution is -0.137. The summed E-state index contributed by atoms with van der Waals surface area (Å²) in [6.45, 7) is 6.68. The molecular formula is C50H91NO2. The first-order valence-corrected chi connectivity index (χ1v) is 25.1. The van der Waals surface area contributed by atoms with E-state index < -0.39 is 0 Å². The Hall–Kier alpha value is -0.120. The predicted molar refractivity (Wildman–Crippen MR) is 226 cm³/mol. The molecule has 0 aromatic heterocycles. The molecule has 0 aromatic carbocycles. The first kappa shape index (κ1) is 42.5. The van der Waals surface area contributed by atoms with Gasteiger partial charge in [-0.2, -0.15) is 0 Å². The minimum absolute atomic E-state index is 0.481. The Morgan fingerprint density at radius 3 is 1.32 bits per heavy atom. The van der Waals surface area contributed by atoms with Gasteiger partial charge in [-0.25, -0.2) is 0 Å². The van der Waals surface area contributed by atoms with Crippen LogP contribution in [0.5, 0.6) is 0 Å². The third-order valence-electron chi connectivity index (χ3n) is 17.2. The summed E-state index contributed by atoms with van der Waals surface area (Å²) in [5.74, 6) is 9.19. The van der Waals surface area contributed by atoms with Crippen molar-refractivity contribution in [2.45, 2.75) is 244 Å². The van der Waals surface area contributed by atoms with E-state index >= 15 is 0 Å². The predicted octanol–water partition coefficient (Wildman–Crippen LogP) is 14.2. The van der Waals surface area contributed by atoms with Crippen molar-refractivity contribution in [1.82, 2.24) is 0 Å². The summed E-state index contributed by atoms with van der Waals surface area (Å²) >= 11 is 0. The van der Waals surface area contributed by atoms with E-state index in [1.165, 1.54) is 212 Å². The zero-order chi connectivity index (χ0) is 36.7. The van der Waals surface area contributed by atoms with Crippen LogP contribution in [-0.2, 0) is 9.47 Å². The molecule has 0 saturated heterocycles. The highest BCUT2D eigenvalue weighted by Gasteiger charge is 2.49. The average Bonchev–Trinajstić information content (AvgIpc) is 3.20. The van der Waals surface area contributed by atoms with Gasteiger partial charge in [-0.05, 0) is 175 Å². The second kappa shape index (κ2) is 23.3. The highest BCUT2D eigenvalue weighted by molar-refractivity contribution is 4.99. The van der Waals surface area contributed by atoms with E-state index in [1.807, 2.05) is 0 Å². The van der Waals surface area contributed by atoms with Gasteiger partial charge in [0, 0.05) is 19.3 Å². The molecule has 6 saturated carbocycles. The van der Waals surface area contributed by atoms with Gasteiger partial charge in [-0.1, -0.05) is 110 Å². The summed E-state index contributed by atoms with van der Waals surface area (Å²) in [4.78, 5) is 0. The van der Waals surface area contributed by atoms with Gasteiger partial charge in [0.25, 0.3) is 0 Å². The Labute approximate surface area is 330 Å². The molecule has 0 heterocycles. The second-order valence-corrected chi connectivity index (χ2v) is 20.5. The van der Waals surface area contributed by atoms with E-state index in [-0.39, 0.29) is 0 Å². The molecule has 6 fully saturated rings. The van der Waals surface area contributed by atoms with Crippen molar-refractivity contribution in [2.24, 2.45) is 64.9 Å². The largest absolute Gasteiger partial charge is 0.378 e. The van der Waals surface area contributed by atoms with Crippen LogP contribution in [0.25, 0.3) is 0 Å². The van der Waals surface area contributed by atoms with Crippen molar-refractivity contribution in [3.05, 3.63) is 0 Å². The Morgan fingerprint density at radius 1 is 0.358 bits per heavy atom. The fourth-order valence-electron chi connectivity index (χ4n) is 14.0. The maximum absolute atomic E-state index is 7.20. The maximum atomic E-state index is 7.20. The summed E-state index contributed by atoms with van der Waals surface area (Å²) in [6.07, 6.45) is 47.8. The zero-order valence-electron chi connectivity index (χ0n) is 35.6. The minimum atomic E-state index is 0.481. The van der Waals surface area contributed by atoms with E-state index in [0.29, 0.717) is 18.2 Å². The molecule has 0 aromatic rings. The molecule has 3 nitrogen and oxygen atoms in total. The van der Waals surface area contributed by atoms with Crippen molar-refractivity contribution >= 4 is 0 Å². The van der Waals surface area contributed by atoms with Crippen LogP contribution in [0.3, 0.4) is 0 Å². The van der Waals surface area contributed by atoms with E-state index in [9.17, 15) is 0 Å². The van der Waals surface area contributed by atoms with Gasteiger partial charge in [-0.3, -0.25) is 0 Å². The quantitative estimate of drug-likeness (QED) is 0.127.